The molecule has 1 N–H and O–H groups in total. The molecule has 1 aromatic rings. The van der Waals surface area contributed by atoms with Crippen molar-refractivity contribution in [3.8, 4) is 0 Å². The summed E-state index contributed by atoms with van der Waals surface area (Å²) in [5, 5.41) is 0. The van der Waals surface area contributed by atoms with Crippen LogP contribution in [-0.2, 0) is 17.8 Å². The van der Waals surface area contributed by atoms with Crippen LogP contribution < -0.4 is 0 Å². The highest BCUT2D eigenvalue weighted by Crippen LogP contribution is 2.11. The van der Waals surface area contributed by atoms with Gasteiger partial charge in [0.05, 0.1) is 0 Å². The summed E-state index contributed by atoms with van der Waals surface area (Å²) in [5.74, 6) is 1.85. The number of H-pyrrole nitrogens is 1. The summed E-state index contributed by atoms with van der Waals surface area (Å²) in [6.45, 7) is 10.9. The number of aryl methyl sites for hydroxylation is 1. The van der Waals surface area contributed by atoms with Gasteiger partial charge in [-0.2, -0.15) is 0 Å². The number of nitrogens with one attached hydrogen (secondary N) is 1. The summed E-state index contributed by atoms with van der Waals surface area (Å²) in [5.41, 5.74) is 1.19. The van der Waals surface area contributed by atoms with Crippen molar-refractivity contribution in [2.24, 2.45) is 5.92 Å². The van der Waals surface area contributed by atoms with Crippen molar-refractivity contribution >= 4 is 5.91 Å². The molecule has 1 fully saturated rings. The molecule has 2 heterocycles. The van der Waals surface area contributed by atoms with Crippen LogP contribution in [0.2, 0.25) is 0 Å². The maximum atomic E-state index is 12.1. The molecule has 0 atom stereocenters. The first-order valence-electron chi connectivity index (χ1n) is 8.61. The van der Waals surface area contributed by atoms with Crippen LogP contribution in [0.3, 0.4) is 0 Å². The van der Waals surface area contributed by atoms with Gasteiger partial charge in [-0.3, -0.25) is 9.69 Å². The second kappa shape index (κ2) is 8.32. The van der Waals surface area contributed by atoms with E-state index in [0.29, 0.717) is 18.2 Å². The molecule has 0 spiro atoms. The summed E-state index contributed by atoms with van der Waals surface area (Å²) in [7, 11) is 0. The predicted molar refractivity (Wildman–Crippen MR) is 88.5 cm³/mol. The lowest BCUT2D eigenvalue weighted by molar-refractivity contribution is -0.133. The highest BCUT2D eigenvalue weighted by atomic mass is 16.2. The van der Waals surface area contributed by atoms with E-state index in [0.717, 1.165) is 45.0 Å². The molecule has 1 aliphatic rings. The van der Waals surface area contributed by atoms with Crippen LogP contribution >= 0.6 is 0 Å². The number of amides is 1. The third-order valence-corrected chi connectivity index (χ3v) is 4.15. The van der Waals surface area contributed by atoms with Crippen LogP contribution in [0.1, 0.15) is 51.6 Å². The number of imidazole rings is 1. The quantitative estimate of drug-likeness (QED) is 0.842. The van der Waals surface area contributed by atoms with Gasteiger partial charge in [-0.25, -0.2) is 4.98 Å². The fourth-order valence-electron chi connectivity index (χ4n) is 2.83. The third-order valence-electron chi connectivity index (χ3n) is 4.15. The number of hydrogen-bond donors (Lipinski definition) is 1. The van der Waals surface area contributed by atoms with Crippen LogP contribution in [0.25, 0.3) is 0 Å². The first-order chi connectivity index (χ1) is 10.6. The number of aromatic amines is 1. The first-order valence-corrected chi connectivity index (χ1v) is 8.61. The Kier molecular flexibility index (Phi) is 6.43. The minimum Gasteiger partial charge on any atom is -0.345 e. The van der Waals surface area contributed by atoms with Crippen LogP contribution in [-0.4, -0.2) is 51.9 Å². The lowest BCUT2D eigenvalue weighted by atomic mass is 10.1. The Labute approximate surface area is 134 Å². The van der Waals surface area contributed by atoms with Crippen LogP contribution in [0, 0.1) is 5.92 Å². The first kappa shape index (κ1) is 17.0. The van der Waals surface area contributed by atoms with Crippen molar-refractivity contribution in [1.29, 1.82) is 0 Å². The molecule has 124 valence electrons. The molecule has 1 saturated heterocycles. The highest BCUT2D eigenvalue weighted by Gasteiger charge is 2.21. The van der Waals surface area contributed by atoms with E-state index in [1.165, 1.54) is 18.5 Å². The van der Waals surface area contributed by atoms with E-state index in [9.17, 15) is 4.79 Å². The predicted octanol–water partition coefficient (Wildman–Crippen LogP) is 2.44. The number of carbonyl (C=O) groups is 1. The zero-order valence-corrected chi connectivity index (χ0v) is 14.3. The van der Waals surface area contributed by atoms with Gasteiger partial charge in [0.15, 0.2) is 0 Å². The largest absolute Gasteiger partial charge is 0.345 e. The van der Waals surface area contributed by atoms with E-state index in [2.05, 4.69) is 35.6 Å². The Morgan fingerprint density at radius 1 is 1.32 bits per heavy atom. The van der Waals surface area contributed by atoms with E-state index >= 15 is 0 Å². The molecule has 1 aliphatic heterocycles. The summed E-state index contributed by atoms with van der Waals surface area (Å²) < 4.78 is 0. The van der Waals surface area contributed by atoms with Gasteiger partial charge in [-0.05, 0) is 12.3 Å². The van der Waals surface area contributed by atoms with Gasteiger partial charge in [0.25, 0.3) is 0 Å². The Balaban J connectivity index is 1.75. The highest BCUT2D eigenvalue weighted by molar-refractivity contribution is 5.76. The van der Waals surface area contributed by atoms with Gasteiger partial charge in [0.1, 0.15) is 5.82 Å². The molecule has 0 unspecified atom stereocenters. The SMILES string of the molecule is CCCCc1ncc(CN2CCN(C(=O)CC(C)C)CC2)[nH]1. The number of aromatic nitrogens is 2. The van der Waals surface area contributed by atoms with Crippen molar-refractivity contribution in [2.75, 3.05) is 26.2 Å². The molecule has 0 radical (unpaired) electrons. The third kappa shape index (κ3) is 5.13. The normalized spacial score (nSPS) is 16.5. The van der Waals surface area contributed by atoms with Crippen molar-refractivity contribution in [3.05, 3.63) is 17.7 Å². The van der Waals surface area contributed by atoms with Crippen molar-refractivity contribution in [1.82, 2.24) is 19.8 Å². The Morgan fingerprint density at radius 2 is 2.05 bits per heavy atom. The zero-order valence-electron chi connectivity index (χ0n) is 14.3. The fourth-order valence-corrected chi connectivity index (χ4v) is 2.83. The number of hydrogen-bond acceptors (Lipinski definition) is 3. The summed E-state index contributed by atoms with van der Waals surface area (Å²) >= 11 is 0. The minimum atomic E-state index is 0.304. The maximum absolute atomic E-state index is 12.1. The zero-order chi connectivity index (χ0) is 15.9. The van der Waals surface area contributed by atoms with Gasteiger partial charge < -0.3 is 9.88 Å². The molecule has 0 aliphatic carbocycles. The van der Waals surface area contributed by atoms with Crippen LogP contribution in [0.4, 0.5) is 0 Å². The Hall–Kier alpha value is -1.36. The molecule has 5 nitrogen and oxygen atoms in total. The molecule has 0 bridgehead atoms. The van der Waals surface area contributed by atoms with Gasteiger partial charge in [-0.1, -0.05) is 27.2 Å². The number of nitrogens with zero attached hydrogens (tertiary/aromatic N) is 3. The number of piperazine rings is 1. The molecular formula is C17H30N4O. The monoisotopic (exact) mass is 306 g/mol. The van der Waals surface area contributed by atoms with Gasteiger partial charge in [-0.15, -0.1) is 0 Å². The van der Waals surface area contributed by atoms with E-state index in [4.69, 9.17) is 0 Å². The molecular weight excluding hydrogens is 276 g/mol. The van der Waals surface area contributed by atoms with Gasteiger partial charge in [0, 0.05) is 57.5 Å². The molecule has 5 heteroatoms. The second-order valence-electron chi connectivity index (χ2n) is 6.71. The molecule has 1 amide bonds. The lowest BCUT2D eigenvalue weighted by Gasteiger charge is -2.34. The van der Waals surface area contributed by atoms with Crippen molar-refractivity contribution in [2.45, 2.75) is 53.0 Å². The molecule has 22 heavy (non-hydrogen) atoms. The molecule has 0 aromatic carbocycles. The lowest BCUT2D eigenvalue weighted by Crippen LogP contribution is -2.48. The number of unbranched alkanes of at least 4 members (excludes halogenated alkanes) is 1. The average molecular weight is 306 g/mol. The summed E-state index contributed by atoms with van der Waals surface area (Å²) in [6, 6.07) is 0. The summed E-state index contributed by atoms with van der Waals surface area (Å²) in [6.07, 6.45) is 6.04. The van der Waals surface area contributed by atoms with Crippen LogP contribution in [0.5, 0.6) is 0 Å². The minimum absolute atomic E-state index is 0.304. The van der Waals surface area contributed by atoms with E-state index in [1.807, 2.05) is 11.1 Å². The second-order valence-corrected chi connectivity index (χ2v) is 6.71. The fraction of sp³-hybridized carbons (Fsp3) is 0.765. The maximum Gasteiger partial charge on any atom is 0.222 e. The molecule has 2 rings (SSSR count). The van der Waals surface area contributed by atoms with Gasteiger partial charge in [0.2, 0.25) is 5.91 Å². The van der Waals surface area contributed by atoms with Crippen molar-refractivity contribution < 1.29 is 4.79 Å². The van der Waals surface area contributed by atoms with Crippen molar-refractivity contribution in [3.63, 3.8) is 0 Å². The smallest absolute Gasteiger partial charge is 0.222 e. The standard InChI is InChI=1S/C17H30N4O/c1-4-5-6-16-18-12-15(19-16)13-20-7-9-21(10-8-20)17(22)11-14(2)3/h12,14H,4-11,13H2,1-3H3,(H,18,19). The topological polar surface area (TPSA) is 52.2 Å². The van der Waals surface area contributed by atoms with Crippen LogP contribution in [0.15, 0.2) is 6.20 Å². The Bertz CT molecular complexity index is 461. The van der Waals surface area contributed by atoms with Gasteiger partial charge >= 0.3 is 0 Å². The summed E-state index contributed by atoms with van der Waals surface area (Å²) in [4.78, 5) is 24.3. The number of rotatable bonds is 7. The average Bonchev–Trinajstić information content (AvgIpc) is 2.92. The Morgan fingerprint density at radius 3 is 2.68 bits per heavy atom. The van der Waals surface area contributed by atoms with E-state index in [1.54, 1.807) is 0 Å². The molecule has 0 saturated carbocycles. The van der Waals surface area contributed by atoms with E-state index in [-0.39, 0.29) is 0 Å². The number of carbonyl (C=O) groups excluding carboxylic acids is 1. The van der Waals surface area contributed by atoms with E-state index < -0.39 is 0 Å². The molecule has 1 aromatic heterocycles.